The molecule has 0 aromatic heterocycles. The first-order valence-corrected chi connectivity index (χ1v) is 5.71. The van der Waals surface area contributed by atoms with Gasteiger partial charge in [-0.05, 0) is 24.5 Å². The van der Waals surface area contributed by atoms with Crippen molar-refractivity contribution in [2.24, 2.45) is 0 Å². The summed E-state index contributed by atoms with van der Waals surface area (Å²) < 4.78 is 5.57. The molecule has 2 unspecified atom stereocenters. The average Bonchev–Trinajstić information content (AvgIpc) is 2.29. The maximum absolute atomic E-state index is 10.0. The minimum absolute atomic E-state index is 0.0141. The lowest BCUT2D eigenvalue weighted by atomic mass is 9.85. The van der Waals surface area contributed by atoms with Gasteiger partial charge in [0.1, 0.15) is 0 Å². The van der Waals surface area contributed by atoms with E-state index in [0.717, 1.165) is 11.1 Å². The molecule has 2 rings (SSSR count). The standard InChI is InChI=1S/C13H18O3/c1-9-13(12(15)5-6-16-9)11-4-2-3-10(7-11)8-14/h2-4,7,9,12-15H,5-6,8H2,1H3/t9?,12-,13?/m1/s1. The van der Waals surface area contributed by atoms with Crippen molar-refractivity contribution >= 4 is 0 Å². The van der Waals surface area contributed by atoms with Gasteiger partial charge in [-0.2, -0.15) is 0 Å². The van der Waals surface area contributed by atoms with Gasteiger partial charge in [0, 0.05) is 12.5 Å². The summed E-state index contributed by atoms with van der Waals surface area (Å²) in [4.78, 5) is 0. The van der Waals surface area contributed by atoms with Gasteiger partial charge in [-0.15, -0.1) is 0 Å². The molecule has 0 amide bonds. The van der Waals surface area contributed by atoms with E-state index < -0.39 is 0 Å². The van der Waals surface area contributed by atoms with Gasteiger partial charge < -0.3 is 14.9 Å². The molecule has 0 saturated carbocycles. The minimum atomic E-state index is -0.349. The molecule has 0 bridgehead atoms. The maximum atomic E-state index is 10.0. The van der Waals surface area contributed by atoms with Crippen molar-refractivity contribution in [3.8, 4) is 0 Å². The second kappa shape index (κ2) is 4.95. The fourth-order valence-electron chi connectivity index (χ4n) is 2.36. The van der Waals surface area contributed by atoms with E-state index in [2.05, 4.69) is 0 Å². The normalized spacial score (nSPS) is 30.3. The van der Waals surface area contributed by atoms with E-state index in [1.54, 1.807) is 0 Å². The molecule has 16 heavy (non-hydrogen) atoms. The van der Waals surface area contributed by atoms with E-state index in [9.17, 15) is 5.11 Å². The average molecular weight is 222 g/mol. The zero-order chi connectivity index (χ0) is 11.5. The Morgan fingerprint density at radius 3 is 2.94 bits per heavy atom. The topological polar surface area (TPSA) is 49.7 Å². The molecular formula is C13H18O3. The Labute approximate surface area is 95.7 Å². The molecule has 2 N–H and O–H groups in total. The molecule has 1 fully saturated rings. The van der Waals surface area contributed by atoms with Crippen molar-refractivity contribution in [1.82, 2.24) is 0 Å². The van der Waals surface area contributed by atoms with Gasteiger partial charge in [0.2, 0.25) is 0 Å². The van der Waals surface area contributed by atoms with Crippen molar-refractivity contribution < 1.29 is 14.9 Å². The van der Waals surface area contributed by atoms with E-state index in [-0.39, 0.29) is 24.7 Å². The lowest BCUT2D eigenvalue weighted by Crippen LogP contribution is -2.36. The van der Waals surface area contributed by atoms with Gasteiger partial charge in [-0.25, -0.2) is 0 Å². The van der Waals surface area contributed by atoms with Crippen LogP contribution in [0, 0.1) is 0 Å². The van der Waals surface area contributed by atoms with Crippen molar-refractivity contribution in [2.75, 3.05) is 6.61 Å². The third-order valence-electron chi connectivity index (χ3n) is 3.23. The zero-order valence-corrected chi connectivity index (χ0v) is 9.47. The van der Waals surface area contributed by atoms with Crippen LogP contribution in [0.25, 0.3) is 0 Å². The highest BCUT2D eigenvalue weighted by atomic mass is 16.5. The first kappa shape index (κ1) is 11.6. The van der Waals surface area contributed by atoms with Gasteiger partial charge in [0.15, 0.2) is 0 Å². The second-order valence-electron chi connectivity index (χ2n) is 4.36. The van der Waals surface area contributed by atoms with Crippen LogP contribution in [0.15, 0.2) is 24.3 Å². The molecule has 1 aromatic rings. The highest BCUT2D eigenvalue weighted by Gasteiger charge is 2.31. The van der Waals surface area contributed by atoms with Crippen LogP contribution in [0.2, 0.25) is 0 Å². The number of ether oxygens (including phenoxy) is 1. The number of aliphatic hydroxyl groups is 2. The highest BCUT2D eigenvalue weighted by molar-refractivity contribution is 5.28. The SMILES string of the molecule is CC1OCC[C@@H](O)C1c1cccc(CO)c1. The van der Waals surface area contributed by atoms with Crippen LogP contribution in [0.1, 0.15) is 30.4 Å². The van der Waals surface area contributed by atoms with E-state index in [0.29, 0.717) is 13.0 Å². The second-order valence-corrected chi connectivity index (χ2v) is 4.36. The smallest absolute Gasteiger partial charge is 0.0681 e. The number of aliphatic hydroxyl groups excluding tert-OH is 2. The Balaban J connectivity index is 2.26. The van der Waals surface area contributed by atoms with E-state index >= 15 is 0 Å². The van der Waals surface area contributed by atoms with Crippen molar-refractivity contribution in [2.45, 2.75) is 38.1 Å². The first-order chi connectivity index (χ1) is 7.72. The van der Waals surface area contributed by atoms with Crippen LogP contribution in [0.3, 0.4) is 0 Å². The summed E-state index contributed by atoms with van der Waals surface area (Å²) >= 11 is 0. The van der Waals surface area contributed by atoms with Crippen LogP contribution >= 0.6 is 0 Å². The summed E-state index contributed by atoms with van der Waals surface area (Å²) in [5.41, 5.74) is 1.92. The summed E-state index contributed by atoms with van der Waals surface area (Å²) in [6.45, 7) is 2.64. The number of benzene rings is 1. The van der Waals surface area contributed by atoms with Gasteiger partial charge in [-0.1, -0.05) is 24.3 Å². The number of hydrogen-bond donors (Lipinski definition) is 2. The van der Waals surface area contributed by atoms with Crippen LogP contribution in [-0.4, -0.2) is 29.0 Å². The molecule has 3 atom stereocenters. The van der Waals surface area contributed by atoms with Crippen LogP contribution in [-0.2, 0) is 11.3 Å². The molecule has 1 saturated heterocycles. The first-order valence-electron chi connectivity index (χ1n) is 5.71. The third-order valence-corrected chi connectivity index (χ3v) is 3.23. The molecule has 0 aliphatic carbocycles. The number of hydrogen-bond acceptors (Lipinski definition) is 3. The summed E-state index contributed by atoms with van der Waals surface area (Å²) in [7, 11) is 0. The molecule has 0 spiro atoms. The van der Waals surface area contributed by atoms with E-state index in [4.69, 9.17) is 9.84 Å². The molecule has 1 heterocycles. The lowest BCUT2D eigenvalue weighted by Gasteiger charge is -2.34. The molecule has 88 valence electrons. The quantitative estimate of drug-likeness (QED) is 0.796. The van der Waals surface area contributed by atoms with Gasteiger partial charge >= 0.3 is 0 Å². The van der Waals surface area contributed by atoms with Crippen LogP contribution in [0.5, 0.6) is 0 Å². The minimum Gasteiger partial charge on any atom is -0.392 e. The van der Waals surface area contributed by atoms with E-state index in [1.165, 1.54) is 0 Å². The van der Waals surface area contributed by atoms with Crippen LogP contribution < -0.4 is 0 Å². The third kappa shape index (κ3) is 2.26. The highest BCUT2D eigenvalue weighted by Crippen LogP contribution is 2.31. The maximum Gasteiger partial charge on any atom is 0.0681 e. The van der Waals surface area contributed by atoms with Crippen molar-refractivity contribution in [3.05, 3.63) is 35.4 Å². The summed E-state index contributed by atoms with van der Waals surface area (Å²) in [5.74, 6) is 0.0141. The Morgan fingerprint density at radius 2 is 2.25 bits per heavy atom. The van der Waals surface area contributed by atoms with Gasteiger partial charge in [-0.3, -0.25) is 0 Å². The Bertz CT molecular complexity index is 341. The molecule has 3 nitrogen and oxygen atoms in total. The largest absolute Gasteiger partial charge is 0.392 e. The fraction of sp³-hybridized carbons (Fsp3) is 0.538. The molecule has 1 aliphatic heterocycles. The predicted molar refractivity (Wildman–Crippen MR) is 61.1 cm³/mol. The van der Waals surface area contributed by atoms with Crippen LogP contribution in [0.4, 0.5) is 0 Å². The number of rotatable bonds is 2. The fourth-order valence-corrected chi connectivity index (χ4v) is 2.36. The molecule has 1 aliphatic rings. The van der Waals surface area contributed by atoms with E-state index in [1.807, 2.05) is 31.2 Å². The Hall–Kier alpha value is -0.900. The zero-order valence-electron chi connectivity index (χ0n) is 9.47. The summed E-state index contributed by atoms with van der Waals surface area (Å²) in [6, 6.07) is 7.72. The van der Waals surface area contributed by atoms with Crippen molar-refractivity contribution in [3.63, 3.8) is 0 Å². The Morgan fingerprint density at radius 1 is 1.44 bits per heavy atom. The van der Waals surface area contributed by atoms with Gasteiger partial charge in [0.25, 0.3) is 0 Å². The van der Waals surface area contributed by atoms with Crippen molar-refractivity contribution in [1.29, 1.82) is 0 Å². The van der Waals surface area contributed by atoms with Gasteiger partial charge in [0.05, 0.1) is 18.8 Å². The molecule has 3 heteroatoms. The monoisotopic (exact) mass is 222 g/mol. The predicted octanol–water partition coefficient (Wildman–Crippen LogP) is 1.43. The molecule has 0 radical (unpaired) electrons. The summed E-state index contributed by atoms with van der Waals surface area (Å²) in [5, 5.41) is 19.1. The lowest BCUT2D eigenvalue weighted by molar-refractivity contribution is -0.0539. The molecular weight excluding hydrogens is 204 g/mol. The Kier molecular flexibility index (Phi) is 3.59. The molecule has 1 aromatic carbocycles. The summed E-state index contributed by atoms with van der Waals surface area (Å²) in [6.07, 6.45) is 0.355.